The maximum atomic E-state index is 6.06. The Bertz CT molecular complexity index is 323. The lowest BCUT2D eigenvalue weighted by Crippen LogP contribution is -2.47. The first kappa shape index (κ1) is 8.34. The van der Waals surface area contributed by atoms with Crippen molar-refractivity contribution in [2.45, 2.75) is 38.2 Å². The van der Waals surface area contributed by atoms with Gasteiger partial charge >= 0.3 is 0 Å². The highest BCUT2D eigenvalue weighted by Gasteiger charge is 2.49. The molecule has 1 spiro atoms. The van der Waals surface area contributed by atoms with Gasteiger partial charge in [0.2, 0.25) is 0 Å². The van der Waals surface area contributed by atoms with Gasteiger partial charge in [-0.15, -0.1) is 0 Å². The quantitative estimate of drug-likeness (QED) is 0.657. The molecule has 0 amide bonds. The number of ether oxygens (including phenoxy) is 1. The van der Waals surface area contributed by atoms with Gasteiger partial charge in [-0.1, -0.05) is 31.5 Å². The van der Waals surface area contributed by atoms with Crippen molar-refractivity contribution >= 4 is 0 Å². The molecule has 1 aliphatic heterocycles. The molecule has 1 heterocycles. The van der Waals surface area contributed by atoms with Gasteiger partial charge in [-0.05, 0) is 30.4 Å². The van der Waals surface area contributed by atoms with Crippen LogP contribution in [0.25, 0.3) is 0 Å². The van der Waals surface area contributed by atoms with Crippen LogP contribution < -0.4 is 4.74 Å². The fraction of sp³-hybridized carbons (Fsp3) is 0.538. The fourth-order valence-corrected chi connectivity index (χ4v) is 2.87. The Balaban J connectivity index is 1.80. The summed E-state index contributed by atoms with van der Waals surface area (Å²) < 4.78 is 6.06. The van der Waals surface area contributed by atoms with Gasteiger partial charge in [-0.3, -0.25) is 0 Å². The third-order valence-corrected chi connectivity index (χ3v) is 3.71. The first-order valence-corrected chi connectivity index (χ1v) is 5.58. The highest BCUT2D eigenvalue weighted by Crippen LogP contribution is 2.50. The number of para-hydroxylation sites is 1. The molecule has 0 bridgehead atoms. The van der Waals surface area contributed by atoms with Gasteiger partial charge in [-0.25, -0.2) is 0 Å². The van der Waals surface area contributed by atoms with Crippen LogP contribution in [0, 0.1) is 5.92 Å². The summed E-state index contributed by atoms with van der Waals surface area (Å²) in [4.78, 5) is 0. The van der Waals surface area contributed by atoms with Gasteiger partial charge in [0.05, 0.1) is 0 Å². The van der Waals surface area contributed by atoms with Crippen LogP contribution in [0.1, 0.15) is 31.7 Å². The Morgan fingerprint density at radius 1 is 1.36 bits per heavy atom. The van der Waals surface area contributed by atoms with E-state index in [1.165, 1.54) is 24.8 Å². The van der Waals surface area contributed by atoms with E-state index >= 15 is 0 Å². The number of fused-ring (bicyclic) bond motifs is 1. The first-order valence-electron chi connectivity index (χ1n) is 5.58. The van der Waals surface area contributed by atoms with E-state index in [0.29, 0.717) is 0 Å². The minimum Gasteiger partial charge on any atom is -0.487 e. The molecule has 14 heavy (non-hydrogen) atoms. The second-order valence-corrected chi connectivity index (χ2v) is 4.75. The number of benzene rings is 1. The average molecular weight is 188 g/mol. The van der Waals surface area contributed by atoms with Crippen LogP contribution in [0.4, 0.5) is 0 Å². The molecule has 1 saturated carbocycles. The molecule has 1 nitrogen and oxygen atoms in total. The second kappa shape index (κ2) is 2.75. The Morgan fingerprint density at radius 2 is 2.14 bits per heavy atom. The first-order chi connectivity index (χ1) is 6.81. The number of hydrogen-bond donors (Lipinski definition) is 0. The minimum absolute atomic E-state index is 0.199. The molecule has 0 aromatic heterocycles. The van der Waals surface area contributed by atoms with Crippen LogP contribution in [0.5, 0.6) is 5.75 Å². The SMILES string of the molecule is CCC1CC2(Cc3ccccc3O2)C1. The molecule has 0 N–H and O–H groups in total. The lowest BCUT2D eigenvalue weighted by atomic mass is 9.68. The highest BCUT2D eigenvalue weighted by atomic mass is 16.5. The van der Waals surface area contributed by atoms with Crippen LogP contribution in [-0.4, -0.2) is 5.60 Å². The molecule has 3 rings (SSSR count). The average Bonchev–Trinajstić information content (AvgIpc) is 2.53. The highest BCUT2D eigenvalue weighted by molar-refractivity contribution is 5.40. The summed E-state index contributed by atoms with van der Waals surface area (Å²) in [7, 11) is 0. The molecule has 1 aromatic carbocycles. The number of hydrogen-bond acceptors (Lipinski definition) is 1. The molecule has 1 heteroatoms. The van der Waals surface area contributed by atoms with Crippen LogP contribution in [-0.2, 0) is 6.42 Å². The van der Waals surface area contributed by atoms with E-state index in [0.717, 1.165) is 18.1 Å². The van der Waals surface area contributed by atoms with Crippen LogP contribution in [0.2, 0.25) is 0 Å². The Labute approximate surface area is 85.1 Å². The molecule has 74 valence electrons. The summed E-state index contributed by atoms with van der Waals surface area (Å²) in [6.07, 6.45) is 4.97. The fourth-order valence-electron chi connectivity index (χ4n) is 2.87. The zero-order valence-electron chi connectivity index (χ0n) is 8.62. The zero-order valence-corrected chi connectivity index (χ0v) is 8.62. The van der Waals surface area contributed by atoms with E-state index < -0.39 is 0 Å². The van der Waals surface area contributed by atoms with Crippen molar-refractivity contribution in [2.24, 2.45) is 5.92 Å². The second-order valence-electron chi connectivity index (χ2n) is 4.75. The van der Waals surface area contributed by atoms with E-state index in [2.05, 4.69) is 31.2 Å². The molecule has 0 unspecified atom stereocenters. The summed E-state index contributed by atoms with van der Waals surface area (Å²) in [5.41, 5.74) is 1.60. The predicted octanol–water partition coefficient (Wildman–Crippen LogP) is 3.18. The van der Waals surface area contributed by atoms with Crippen molar-refractivity contribution < 1.29 is 4.74 Å². The van der Waals surface area contributed by atoms with Gasteiger partial charge in [0.25, 0.3) is 0 Å². The topological polar surface area (TPSA) is 9.23 Å². The Morgan fingerprint density at radius 3 is 2.86 bits per heavy atom. The third-order valence-electron chi connectivity index (χ3n) is 3.71. The van der Waals surface area contributed by atoms with Crippen LogP contribution in [0.15, 0.2) is 24.3 Å². The standard InChI is InChI=1S/C13H16O/c1-2-10-7-13(8-10)9-11-5-3-4-6-12(11)14-13/h3-6,10H,2,7-9H2,1H3. The number of rotatable bonds is 1. The largest absolute Gasteiger partial charge is 0.487 e. The van der Waals surface area contributed by atoms with Gasteiger partial charge in [0.15, 0.2) is 0 Å². The molecule has 0 radical (unpaired) electrons. The molecular formula is C13H16O. The molecule has 1 aliphatic carbocycles. The van der Waals surface area contributed by atoms with Crippen molar-refractivity contribution in [3.8, 4) is 5.75 Å². The molecule has 0 saturated heterocycles. The summed E-state index contributed by atoms with van der Waals surface area (Å²) in [6.45, 7) is 2.28. The van der Waals surface area contributed by atoms with Gasteiger partial charge < -0.3 is 4.74 Å². The van der Waals surface area contributed by atoms with Crippen LogP contribution in [0.3, 0.4) is 0 Å². The maximum Gasteiger partial charge on any atom is 0.123 e. The van der Waals surface area contributed by atoms with E-state index in [9.17, 15) is 0 Å². The molecule has 0 atom stereocenters. The van der Waals surface area contributed by atoms with E-state index in [1.807, 2.05) is 0 Å². The van der Waals surface area contributed by atoms with Crippen LogP contribution >= 0.6 is 0 Å². The monoisotopic (exact) mass is 188 g/mol. The van der Waals surface area contributed by atoms with Crippen molar-refractivity contribution in [1.82, 2.24) is 0 Å². The Kier molecular flexibility index (Phi) is 1.64. The summed E-state index contributed by atoms with van der Waals surface area (Å²) >= 11 is 0. The maximum absolute atomic E-state index is 6.06. The van der Waals surface area contributed by atoms with Gasteiger partial charge in [-0.2, -0.15) is 0 Å². The summed E-state index contributed by atoms with van der Waals surface area (Å²) in [5, 5.41) is 0. The molecule has 1 aromatic rings. The Hall–Kier alpha value is -0.980. The van der Waals surface area contributed by atoms with Crippen molar-refractivity contribution in [2.75, 3.05) is 0 Å². The smallest absolute Gasteiger partial charge is 0.123 e. The van der Waals surface area contributed by atoms with Gasteiger partial charge in [0, 0.05) is 6.42 Å². The van der Waals surface area contributed by atoms with E-state index in [-0.39, 0.29) is 5.60 Å². The lowest BCUT2D eigenvalue weighted by molar-refractivity contribution is -0.0329. The normalized spacial score (nSPS) is 33.6. The van der Waals surface area contributed by atoms with E-state index in [1.54, 1.807) is 0 Å². The van der Waals surface area contributed by atoms with Crippen molar-refractivity contribution in [3.63, 3.8) is 0 Å². The van der Waals surface area contributed by atoms with E-state index in [4.69, 9.17) is 4.74 Å². The molecule has 1 fully saturated rings. The lowest BCUT2D eigenvalue weighted by Gasteiger charge is -2.44. The van der Waals surface area contributed by atoms with Crippen molar-refractivity contribution in [3.05, 3.63) is 29.8 Å². The predicted molar refractivity (Wildman–Crippen MR) is 56.5 cm³/mol. The van der Waals surface area contributed by atoms with Crippen molar-refractivity contribution in [1.29, 1.82) is 0 Å². The minimum atomic E-state index is 0.199. The summed E-state index contributed by atoms with van der Waals surface area (Å²) in [6, 6.07) is 8.47. The van der Waals surface area contributed by atoms with Gasteiger partial charge in [0.1, 0.15) is 11.4 Å². The molecule has 2 aliphatic rings. The third kappa shape index (κ3) is 1.08. The molecular weight excluding hydrogens is 172 g/mol. The zero-order chi connectivity index (χ0) is 9.60. The summed E-state index contributed by atoms with van der Waals surface area (Å²) in [5.74, 6) is 2.03.